The van der Waals surface area contributed by atoms with Crippen LogP contribution in [0.1, 0.15) is 68.2 Å². The van der Waals surface area contributed by atoms with E-state index >= 15 is 0 Å². The minimum atomic E-state index is -0.185. The highest BCUT2D eigenvalue weighted by Gasteiger charge is 2.38. The molecular formula is C15H32O. The van der Waals surface area contributed by atoms with E-state index in [0.29, 0.717) is 11.8 Å². The van der Waals surface area contributed by atoms with Crippen molar-refractivity contribution in [2.45, 2.75) is 74.3 Å². The van der Waals surface area contributed by atoms with Crippen molar-refractivity contribution in [3.05, 3.63) is 0 Å². The van der Waals surface area contributed by atoms with E-state index in [9.17, 15) is 5.11 Å². The topological polar surface area (TPSA) is 20.2 Å². The molecule has 1 nitrogen and oxygen atoms in total. The molecule has 98 valence electrons. The smallest absolute Gasteiger partial charge is 0.0606 e. The van der Waals surface area contributed by atoms with Crippen molar-refractivity contribution < 1.29 is 5.11 Å². The molecule has 0 aromatic heterocycles. The maximum Gasteiger partial charge on any atom is 0.0606 e. The molecule has 0 radical (unpaired) electrons. The lowest BCUT2D eigenvalue weighted by Crippen LogP contribution is -2.41. The SMILES string of the molecule is CCC(C(O)C(CC)C(C)(C)C)C(C)(C)C. The highest BCUT2D eigenvalue weighted by Crippen LogP contribution is 2.40. The molecule has 0 aromatic carbocycles. The van der Waals surface area contributed by atoms with Crippen LogP contribution in [-0.4, -0.2) is 11.2 Å². The molecule has 1 heteroatoms. The second kappa shape index (κ2) is 5.53. The molecule has 0 saturated carbocycles. The van der Waals surface area contributed by atoms with Crippen LogP contribution in [0.4, 0.5) is 0 Å². The van der Waals surface area contributed by atoms with Gasteiger partial charge in [0.1, 0.15) is 0 Å². The predicted octanol–water partition coefficient (Wildman–Crippen LogP) is 4.49. The van der Waals surface area contributed by atoms with Gasteiger partial charge in [0, 0.05) is 0 Å². The molecule has 0 heterocycles. The summed E-state index contributed by atoms with van der Waals surface area (Å²) in [5.41, 5.74) is 0.375. The lowest BCUT2D eigenvalue weighted by Gasteiger charge is -2.42. The minimum Gasteiger partial charge on any atom is -0.393 e. The van der Waals surface area contributed by atoms with Crippen LogP contribution in [0.5, 0.6) is 0 Å². The molecule has 16 heavy (non-hydrogen) atoms. The van der Waals surface area contributed by atoms with Crippen LogP contribution < -0.4 is 0 Å². The normalized spacial score (nSPS) is 19.3. The van der Waals surface area contributed by atoms with Gasteiger partial charge >= 0.3 is 0 Å². The summed E-state index contributed by atoms with van der Waals surface area (Å²) in [6.45, 7) is 17.8. The molecule has 0 spiro atoms. The van der Waals surface area contributed by atoms with Gasteiger partial charge in [-0.1, -0.05) is 68.2 Å². The average Bonchev–Trinajstić information content (AvgIpc) is 2.00. The second-order valence-corrected chi connectivity index (χ2v) is 7.25. The Kier molecular flexibility index (Phi) is 5.52. The first-order chi connectivity index (χ1) is 7.05. The minimum absolute atomic E-state index is 0.185. The lowest BCUT2D eigenvalue weighted by molar-refractivity contribution is -0.0397. The molecule has 0 aliphatic carbocycles. The Morgan fingerprint density at radius 3 is 1.12 bits per heavy atom. The van der Waals surface area contributed by atoms with E-state index in [2.05, 4.69) is 55.4 Å². The van der Waals surface area contributed by atoms with Crippen LogP contribution in [-0.2, 0) is 0 Å². The summed E-state index contributed by atoms with van der Waals surface area (Å²) in [4.78, 5) is 0. The third-order valence-corrected chi connectivity index (χ3v) is 3.93. The number of aliphatic hydroxyl groups excluding tert-OH is 1. The van der Waals surface area contributed by atoms with E-state index in [1.54, 1.807) is 0 Å². The van der Waals surface area contributed by atoms with E-state index in [1.165, 1.54) is 0 Å². The van der Waals surface area contributed by atoms with Gasteiger partial charge in [0.25, 0.3) is 0 Å². The number of hydrogen-bond acceptors (Lipinski definition) is 1. The van der Waals surface area contributed by atoms with Crippen molar-refractivity contribution in [3.8, 4) is 0 Å². The largest absolute Gasteiger partial charge is 0.393 e. The van der Waals surface area contributed by atoms with E-state index in [4.69, 9.17) is 0 Å². The zero-order valence-corrected chi connectivity index (χ0v) is 12.6. The third kappa shape index (κ3) is 4.08. The Morgan fingerprint density at radius 2 is 1.00 bits per heavy atom. The monoisotopic (exact) mass is 228 g/mol. The van der Waals surface area contributed by atoms with Gasteiger partial charge in [-0.3, -0.25) is 0 Å². The average molecular weight is 228 g/mol. The molecule has 0 aliphatic heterocycles. The molecule has 0 aliphatic rings. The first-order valence-electron chi connectivity index (χ1n) is 6.73. The van der Waals surface area contributed by atoms with Gasteiger partial charge in [0.05, 0.1) is 6.10 Å². The van der Waals surface area contributed by atoms with Crippen LogP contribution in [0.25, 0.3) is 0 Å². The quantitative estimate of drug-likeness (QED) is 0.751. The van der Waals surface area contributed by atoms with Gasteiger partial charge in [0.15, 0.2) is 0 Å². The number of rotatable bonds is 4. The molecular weight excluding hydrogens is 196 g/mol. The van der Waals surface area contributed by atoms with Gasteiger partial charge in [0.2, 0.25) is 0 Å². The van der Waals surface area contributed by atoms with Gasteiger partial charge in [-0.25, -0.2) is 0 Å². The van der Waals surface area contributed by atoms with Crippen LogP contribution in [0, 0.1) is 22.7 Å². The zero-order chi connectivity index (χ0) is 13.1. The highest BCUT2D eigenvalue weighted by atomic mass is 16.3. The summed E-state index contributed by atoms with van der Waals surface area (Å²) < 4.78 is 0. The fourth-order valence-electron chi connectivity index (χ4n) is 3.01. The van der Waals surface area contributed by atoms with Gasteiger partial charge in [-0.2, -0.15) is 0 Å². The maximum absolute atomic E-state index is 10.6. The first-order valence-corrected chi connectivity index (χ1v) is 6.73. The molecule has 2 atom stereocenters. The molecule has 0 amide bonds. The summed E-state index contributed by atoms with van der Waals surface area (Å²) >= 11 is 0. The van der Waals surface area contributed by atoms with Gasteiger partial charge < -0.3 is 5.11 Å². The van der Waals surface area contributed by atoms with Crippen molar-refractivity contribution in [3.63, 3.8) is 0 Å². The number of aliphatic hydroxyl groups is 1. The highest BCUT2D eigenvalue weighted by molar-refractivity contribution is 4.88. The van der Waals surface area contributed by atoms with Gasteiger partial charge in [-0.05, 0) is 22.7 Å². The fraction of sp³-hybridized carbons (Fsp3) is 1.00. The molecule has 0 saturated heterocycles. The van der Waals surface area contributed by atoms with Crippen LogP contribution in [0.2, 0.25) is 0 Å². The summed E-state index contributed by atoms with van der Waals surface area (Å²) in [6.07, 6.45) is 1.92. The Bertz CT molecular complexity index is 172. The van der Waals surface area contributed by atoms with Crippen LogP contribution in [0.3, 0.4) is 0 Å². The third-order valence-electron chi connectivity index (χ3n) is 3.93. The zero-order valence-electron chi connectivity index (χ0n) is 12.6. The fourth-order valence-corrected chi connectivity index (χ4v) is 3.01. The van der Waals surface area contributed by atoms with Crippen LogP contribution >= 0.6 is 0 Å². The Hall–Kier alpha value is -0.0400. The summed E-state index contributed by atoms with van der Waals surface area (Å²) in [6, 6.07) is 0. The molecule has 0 aromatic rings. The Balaban J connectivity index is 4.92. The maximum atomic E-state index is 10.6. The molecule has 2 unspecified atom stereocenters. The Labute approximate surface area is 103 Å². The standard InChI is InChI=1S/C15H32O/c1-9-11(14(3,4)5)13(16)12(10-2)15(6,7)8/h11-13,16H,9-10H2,1-8H3. The second-order valence-electron chi connectivity index (χ2n) is 7.25. The molecule has 0 bridgehead atoms. The van der Waals surface area contributed by atoms with Crippen molar-refractivity contribution >= 4 is 0 Å². The van der Waals surface area contributed by atoms with E-state index in [0.717, 1.165) is 12.8 Å². The van der Waals surface area contributed by atoms with Crippen molar-refractivity contribution in [2.75, 3.05) is 0 Å². The summed E-state index contributed by atoms with van der Waals surface area (Å²) in [5.74, 6) is 0.772. The molecule has 0 rings (SSSR count). The lowest BCUT2D eigenvalue weighted by atomic mass is 9.66. The van der Waals surface area contributed by atoms with Gasteiger partial charge in [-0.15, -0.1) is 0 Å². The van der Waals surface area contributed by atoms with E-state index in [1.807, 2.05) is 0 Å². The molecule has 1 N–H and O–H groups in total. The number of hydrogen-bond donors (Lipinski definition) is 1. The Morgan fingerprint density at radius 1 is 0.750 bits per heavy atom. The first kappa shape index (κ1) is 16.0. The van der Waals surface area contributed by atoms with Crippen molar-refractivity contribution in [2.24, 2.45) is 22.7 Å². The molecule has 0 fully saturated rings. The summed E-state index contributed by atoms with van der Waals surface area (Å²) in [5, 5.41) is 10.6. The predicted molar refractivity (Wildman–Crippen MR) is 72.5 cm³/mol. The van der Waals surface area contributed by atoms with E-state index < -0.39 is 0 Å². The van der Waals surface area contributed by atoms with Crippen molar-refractivity contribution in [1.29, 1.82) is 0 Å². The van der Waals surface area contributed by atoms with Crippen molar-refractivity contribution in [1.82, 2.24) is 0 Å². The van der Waals surface area contributed by atoms with E-state index in [-0.39, 0.29) is 16.9 Å². The van der Waals surface area contributed by atoms with Crippen LogP contribution in [0.15, 0.2) is 0 Å². The summed E-state index contributed by atoms with van der Waals surface area (Å²) in [7, 11) is 0.